The number of fused-ring (bicyclic) bond motifs is 3. The molecule has 0 unspecified atom stereocenters. The summed E-state index contributed by atoms with van der Waals surface area (Å²) in [6, 6.07) is 14.0. The molecule has 184 valence electrons. The van der Waals surface area contributed by atoms with Gasteiger partial charge in [0.1, 0.15) is 5.82 Å². The van der Waals surface area contributed by atoms with Crippen LogP contribution in [0.2, 0.25) is 0 Å². The second kappa shape index (κ2) is 9.53. The number of halogens is 4. The summed E-state index contributed by atoms with van der Waals surface area (Å²) in [5, 5.41) is 4.97. The number of anilines is 2. The Morgan fingerprint density at radius 2 is 1.89 bits per heavy atom. The second-order valence-electron chi connectivity index (χ2n) is 8.93. The molecule has 2 aliphatic rings. The largest absolute Gasteiger partial charge is 0.416 e. The Labute approximate surface area is 205 Å². The molecule has 3 heterocycles. The predicted molar refractivity (Wildman–Crippen MR) is 129 cm³/mol. The zero-order valence-corrected chi connectivity index (χ0v) is 19.7. The number of thiophene rings is 1. The summed E-state index contributed by atoms with van der Waals surface area (Å²) in [7, 11) is 0. The summed E-state index contributed by atoms with van der Waals surface area (Å²) in [5.41, 5.74) is 1.01. The van der Waals surface area contributed by atoms with Gasteiger partial charge in [-0.3, -0.25) is 4.79 Å². The zero-order chi connectivity index (χ0) is 24.6. The third-order valence-electron chi connectivity index (χ3n) is 6.82. The average Bonchev–Trinajstić information content (AvgIpc) is 3.36. The van der Waals surface area contributed by atoms with Crippen molar-refractivity contribution in [1.82, 2.24) is 5.32 Å². The van der Waals surface area contributed by atoms with Crippen molar-refractivity contribution < 1.29 is 22.4 Å². The molecule has 2 atom stereocenters. The molecular formula is C26H25F4N3OS. The van der Waals surface area contributed by atoms with Crippen molar-refractivity contribution in [2.24, 2.45) is 5.92 Å². The number of para-hydroxylation sites is 1. The molecule has 2 aromatic carbocycles. The molecule has 9 heteroatoms. The van der Waals surface area contributed by atoms with E-state index in [0.29, 0.717) is 43.9 Å². The van der Waals surface area contributed by atoms with Gasteiger partial charge in [-0.2, -0.15) is 13.2 Å². The molecule has 0 saturated carbocycles. The number of rotatable bonds is 5. The van der Waals surface area contributed by atoms with E-state index in [1.54, 1.807) is 29.5 Å². The molecule has 5 rings (SSSR count). The van der Waals surface area contributed by atoms with Crippen LogP contribution >= 0.6 is 11.3 Å². The van der Waals surface area contributed by atoms with Crippen LogP contribution < -0.4 is 15.1 Å². The van der Waals surface area contributed by atoms with Gasteiger partial charge < -0.3 is 15.1 Å². The molecule has 1 fully saturated rings. The van der Waals surface area contributed by atoms with Gasteiger partial charge in [-0.25, -0.2) is 4.39 Å². The number of carbonyl (C=O) groups excluding carboxylic acids is 1. The van der Waals surface area contributed by atoms with Gasteiger partial charge in [-0.1, -0.05) is 18.2 Å². The molecule has 4 nitrogen and oxygen atoms in total. The van der Waals surface area contributed by atoms with E-state index in [2.05, 4.69) is 5.32 Å². The van der Waals surface area contributed by atoms with Crippen LogP contribution in [0.25, 0.3) is 0 Å². The van der Waals surface area contributed by atoms with Crippen LogP contribution in [0.5, 0.6) is 0 Å². The third-order valence-corrected chi connectivity index (χ3v) is 7.76. The monoisotopic (exact) mass is 503 g/mol. The van der Waals surface area contributed by atoms with Gasteiger partial charge in [0.15, 0.2) is 0 Å². The van der Waals surface area contributed by atoms with E-state index in [-0.39, 0.29) is 24.2 Å². The number of alkyl halides is 3. The van der Waals surface area contributed by atoms with Crippen molar-refractivity contribution in [3.63, 3.8) is 0 Å². The molecule has 1 aromatic heterocycles. The number of benzene rings is 2. The van der Waals surface area contributed by atoms with E-state index in [1.807, 2.05) is 27.3 Å². The molecule has 1 saturated heterocycles. The fraction of sp³-hybridized carbons (Fsp3) is 0.346. The van der Waals surface area contributed by atoms with E-state index in [0.717, 1.165) is 16.6 Å². The molecule has 0 bridgehead atoms. The normalized spacial score (nSPS) is 19.8. The van der Waals surface area contributed by atoms with E-state index in [1.165, 1.54) is 18.2 Å². The number of carbonyl (C=O) groups is 1. The summed E-state index contributed by atoms with van der Waals surface area (Å²) in [6.07, 6.45) is -3.55. The van der Waals surface area contributed by atoms with Crippen molar-refractivity contribution in [3.8, 4) is 0 Å². The maximum absolute atomic E-state index is 14.5. The lowest BCUT2D eigenvalue weighted by Gasteiger charge is -2.49. The van der Waals surface area contributed by atoms with E-state index in [4.69, 9.17) is 0 Å². The van der Waals surface area contributed by atoms with Gasteiger partial charge >= 0.3 is 6.18 Å². The molecular weight excluding hydrogens is 478 g/mol. The number of nitrogens with zero attached hydrogens (tertiary/aromatic N) is 2. The van der Waals surface area contributed by atoms with Crippen molar-refractivity contribution in [2.75, 3.05) is 36.0 Å². The Morgan fingerprint density at radius 1 is 1.06 bits per heavy atom. The summed E-state index contributed by atoms with van der Waals surface area (Å²) in [5.74, 6) is -1.07. The second-order valence-corrected chi connectivity index (χ2v) is 9.96. The molecule has 35 heavy (non-hydrogen) atoms. The number of piperazine rings is 1. The lowest BCUT2D eigenvalue weighted by atomic mass is 9.82. The highest BCUT2D eigenvalue weighted by Gasteiger charge is 2.43. The minimum Gasteiger partial charge on any atom is -0.365 e. The first-order valence-electron chi connectivity index (χ1n) is 11.6. The number of hydrogen-bond donors (Lipinski definition) is 1. The number of amides is 1. The van der Waals surface area contributed by atoms with Crippen molar-refractivity contribution >= 4 is 28.6 Å². The number of hydrogen-bond acceptors (Lipinski definition) is 4. The van der Waals surface area contributed by atoms with Crippen LogP contribution in [0.3, 0.4) is 0 Å². The maximum Gasteiger partial charge on any atom is 0.416 e. The Bertz CT molecular complexity index is 1200. The first-order chi connectivity index (χ1) is 16.8. The molecule has 1 N–H and O–H groups in total. The van der Waals surface area contributed by atoms with Crippen LogP contribution in [0.4, 0.5) is 28.9 Å². The Hall–Kier alpha value is -3.07. The Morgan fingerprint density at radius 3 is 2.63 bits per heavy atom. The predicted octanol–water partition coefficient (Wildman–Crippen LogP) is 5.13. The molecule has 3 aromatic rings. The van der Waals surface area contributed by atoms with E-state index in [9.17, 15) is 22.4 Å². The molecule has 1 amide bonds. The fourth-order valence-corrected chi connectivity index (χ4v) is 5.83. The standard InChI is InChI=1S/C26H25F4N3OS/c27-21-5-1-2-6-23(21)32-11-12-33-22-8-7-18(26(28,29)30)14-17(22)15-20(24(33)16-32)25(34)31-10-9-19-4-3-13-35-19/h1-8,13-14,20,24H,9-12,15-16H2,(H,31,34)/t20-,24+/m0/s1. The summed E-state index contributed by atoms with van der Waals surface area (Å²) < 4.78 is 54.7. The molecule has 0 spiro atoms. The highest BCUT2D eigenvalue weighted by atomic mass is 32.1. The van der Waals surface area contributed by atoms with Crippen LogP contribution in [0.15, 0.2) is 60.0 Å². The van der Waals surface area contributed by atoms with Crippen molar-refractivity contribution in [1.29, 1.82) is 0 Å². The minimum absolute atomic E-state index is 0.185. The quantitative estimate of drug-likeness (QED) is 0.491. The van der Waals surface area contributed by atoms with Gasteiger partial charge in [0.05, 0.1) is 23.2 Å². The first-order valence-corrected chi connectivity index (χ1v) is 12.5. The van der Waals surface area contributed by atoms with Gasteiger partial charge in [-0.05, 0) is 60.2 Å². The first kappa shape index (κ1) is 23.7. The topological polar surface area (TPSA) is 35.6 Å². The van der Waals surface area contributed by atoms with Crippen LogP contribution in [-0.2, 0) is 23.8 Å². The smallest absolute Gasteiger partial charge is 0.365 e. The van der Waals surface area contributed by atoms with Gasteiger partial charge in [0, 0.05) is 36.7 Å². The van der Waals surface area contributed by atoms with Crippen molar-refractivity contribution in [2.45, 2.75) is 25.1 Å². The maximum atomic E-state index is 14.5. The molecule has 2 aliphatic heterocycles. The summed E-state index contributed by atoms with van der Waals surface area (Å²) in [4.78, 5) is 18.4. The SMILES string of the molecule is O=C(NCCc1cccs1)[C@H]1Cc2cc(C(F)(F)F)ccc2N2CCN(c3ccccc3F)C[C@H]12. The van der Waals surface area contributed by atoms with Gasteiger partial charge in [0.25, 0.3) is 0 Å². The average molecular weight is 504 g/mol. The minimum atomic E-state index is -4.45. The Kier molecular flexibility index (Phi) is 6.44. The Balaban J connectivity index is 1.42. The third kappa shape index (κ3) is 4.87. The summed E-state index contributed by atoms with van der Waals surface area (Å²) >= 11 is 1.61. The fourth-order valence-electron chi connectivity index (χ4n) is 5.12. The molecule has 0 aliphatic carbocycles. The van der Waals surface area contributed by atoms with Crippen LogP contribution in [-0.4, -0.2) is 38.1 Å². The lowest BCUT2D eigenvalue weighted by Crippen LogP contribution is -2.61. The summed E-state index contributed by atoms with van der Waals surface area (Å²) in [6.45, 7) is 1.85. The van der Waals surface area contributed by atoms with Crippen molar-refractivity contribution in [3.05, 3.63) is 81.8 Å². The number of nitrogens with one attached hydrogen (secondary N) is 1. The van der Waals surface area contributed by atoms with E-state index < -0.39 is 17.7 Å². The highest BCUT2D eigenvalue weighted by molar-refractivity contribution is 7.09. The lowest BCUT2D eigenvalue weighted by molar-refractivity contribution is -0.137. The van der Waals surface area contributed by atoms with Crippen LogP contribution in [0.1, 0.15) is 16.0 Å². The zero-order valence-electron chi connectivity index (χ0n) is 18.9. The van der Waals surface area contributed by atoms with Gasteiger partial charge in [-0.15, -0.1) is 11.3 Å². The van der Waals surface area contributed by atoms with Gasteiger partial charge in [0.2, 0.25) is 5.91 Å². The highest BCUT2D eigenvalue weighted by Crippen LogP contribution is 2.40. The van der Waals surface area contributed by atoms with E-state index >= 15 is 0 Å². The molecule has 0 radical (unpaired) electrons. The van der Waals surface area contributed by atoms with Crippen LogP contribution in [0, 0.1) is 11.7 Å².